The van der Waals surface area contributed by atoms with Crippen molar-refractivity contribution in [2.24, 2.45) is 0 Å². The highest BCUT2D eigenvalue weighted by atomic mass is 35.5. The molecule has 3 N–H and O–H groups in total. The molecule has 9 heteroatoms. The number of methoxy groups -OCH3 is 1. The Morgan fingerprint density at radius 2 is 1.91 bits per heavy atom. The fourth-order valence-corrected chi connectivity index (χ4v) is 5.16. The van der Waals surface area contributed by atoms with Crippen molar-refractivity contribution in [2.45, 2.75) is 24.1 Å². The Kier molecular flexibility index (Phi) is 6.90. The number of halogens is 2. The van der Waals surface area contributed by atoms with Gasteiger partial charge in [-0.3, -0.25) is 4.79 Å². The molecule has 0 amide bonds. The highest BCUT2D eigenvalue weighted by molar-refractivity contribution is 6.33. The number of ether oxygens (including phenoxy) is 1. The molecular weight excluding hydrogens is 485 g/mol. The Morgan fingerprint density at radius 3 is 2.69 bits per heavy atom. The zero-order valence-corrected chi connectivity index (χ0v) is 20.7. The molecule has 4 aromatic rings. The van der Waals surface area contributed by atoms with Crippen molar-refractivity contribution in [3.05, 3.63) is 86.9 Å². The van der Waals surface area contributed by atoms with Gasteiger partial charge in [0.25, 0.3) is 5.56 Å². The number of alkyl halides is 1. The molecule has 2 aromatic carbocycles. The van der Waals surface area contributed by atoms with Crippen LogP contribution in [0.2, 0.25) is 5.02 Å². The SMILES string of the molecule is COc1cc(C2CCNCC2)ccc1Nc1cc(C(Cl)c2ccccc2Cl)nc2cn[nH]c(=O)c12. The van der Waals surface area contributed by atoms with Gasteiger partial charge in [-0.05, 0) is 67.2 Å². The van der Waals surface area contributed by atoms with E-state index >= 15 is 0 Å². The molecule has 1 aliphatic rings. The van der Waals surface area contributed by atoms with Crippen molar-refractivity contribution in [1.29, 1.82) is 0 Å². The molecule has 1 unspecified atom stereocenters. The summed E-state index contributed by atoms with van der Waals surface area (Å²) < 4.78 is 5.72. The van der Waals surface area contributed by atoms with Crippen LogP contribution < -0.4 is 20.9 Å². The highest BCUT2D eigenvalue weighted by Crippen LogP contribution is 2.38. The fourth-order valence-electron chi connectivity index (χ4n) is 4.56. The third kappa shape index (κ3) is 4.85. The number of anilines is 2. The standard InChI is InChI=1S/C26H25Cl2N5O2/c1-35-23-12-16(15-8-10-29-11-9-15)6-7-19(23)31-20-13-21(25(28)17-4-2-3-5-18(17)27)32-22-14-30-33-26(34)24(20)22/h2-7,12-15,25,29H,8-11H2,1H3,(H,31,32)(H,33,34). The monoisotopic (exact) mass is 509 g/mol. The number of H-pyrrole nitrogens is 1. The Labute approximate surface area is 212 Å². The third-order valence-electron chi connectivity index (χ3n) is 6.39. The molecule has 0 radical (unpaired) electrons. The minimum absolute atomic E-state index is 0.349. The topological polar surface area (TPSA) is 91.9 Å². The maximum absolute atomic E-state index is 12.7. The number of aromatic nitrogens is 3. The molecule has 5 rings (SSSR count). The van der Waals surface area contributed by atoms with Crippen molar-refractivity contribution < 1.29 is 4.74 Å². The van der Waals surface area contributed by atoms with Crippen molar-refractivity contribution in [1.82, 2.24) is 20.5 Å². The molecule has 0 saturated carbocycles. The van der Waals surface area contributed by atoms with Gasteiger partial charge in [-0.2, -0.15) is 5.10 Å². The van der Waals surface area contributed by atoms with Gasteiger partial charge in [0.1, 0.15) is 11.1 Å². The van der Waals surface area contributed by atoms with Gasteiger partial charge in [-0.1, -0.05) is 35.9 Å². The number of aromatic amines is 1. The van der Waals surface area contributed by atoms with E-state index in [2.05, 4.69) is 37.9 Å². The Morgan fingerprint density at radius 1 is 1.11 bits per heavy atom. The Bertz CT molecular complexity index is 1420. The molecular formula is C26H25Cl2N5O2. The molecule has 35 heavy (non-hydrogen) atoms. The third-order valence-corrected chi connectivity index (χ3v) is 7.19. The first kappa shape index (κ1) is 23.6. The second-order valence-corrected chi connectivity index (χ2v) is 9.39. The summed E-state index contributed by atoms with van der Waals surface area (Å²) in [4.78, 5) is 17.3. The minimum atomic E-state index is -0.614. The molecule has 2 aromatic heterocycles. The normalized spacial score (nSPS) is 15.2. The maximum atomic E-state index is 12.7. The number of nitrogens with zero attached hydrogens (tertiary/aromatic N) is 2. The van der Waals surface area contributed by atoms with Crippen molar-refractivity contribution in [3.8, 4) is 5.75 Å². The van der Waals surface area contributed by atoms with E-state index in [0.717, 1.165) is 37.2 Å². The molecule has 0 spiro atoms. The second kappa shape index (κ2) is 10.2. The molecule has 1 saturated heterocycles. The first-order valence-electron chi connectivity index (χ1n) is 11.5. The van der Waals surface area contributed by atoms with E-state index in [1.165, 1.54) is 11.8 Å². The lowest BCUT2D eigenvalue weighted by atomic mass is 9.90. The van der Waals surface area contributed by atoms with Gasteiger partial charge in [0.2, 0.25) is 0 Å². The van der Waals surface area contributed by atoms with E-state index < -0.39 is 5.38 Å². The largest absolute Gasteiger partial charge is 0.495 e. The quantitative estimate of drug-likeness (QED) is 0.296. The van der Waals surface area contributed by atoms with Crippen LogP contribution in [0.1, 0.15) is 41.0 Å². The summed E-state index contributed by atoms with van der Waals surface area (Å²) >= 11 is 13.2. The second-order valence-electron chi connectivity index (χ2n) is 8.55. The summed E-state index contributed by atoms with van der Waals surface area (Å²) in [7, 11) is 1.64. The van der Waals surface area contributed by atoms with Gasteiger partial charge >= 0.3 is 0 Å². The van der Waals surface area contributed by atoms with Gasteiger partial charge in [0, 0.05) is 5.02 Å². The van der Waals surface area contributed by atoms with Gasteiger partial charge in [-0.25, -0.2) is 10.1 Å². The maximum Gasteiger partial charge on any atom is 0.275 e. The number of piperidine rings is 1. The first-order valence-corrected chi connectivity index (χ1v) is 12.3. The molecule has 0 aliphatic carbocycles. The zero-order valence-electron chi connectivity index (χ0n) is 19.1. The lowest BCUT2D eigenvalue weighted by Crippen LogP contribution is -2.26. The van der Waals surface area contributed by atoms with Gasteiger partial charge in [0.15, 0.2) is 0 Å². The molecule has 3 heterocycles. The lowest BCUT2D eigenvalue weighted by Gasteiger charge is -2.24. The summed E-state index contributed by atoms with van der Waals surface area (Å²) in [5.41, 5.74) is 3.90. The number of rotatable bonds is 6. The van der Waals surface area contributed by atoms with Crippen molar-refractivity contribution in [2.75, 3.05) is 25.5 Å². The lowest BCUT2D eigenvalue weighted by molar-refractivity contribution is 0.413. The van der Waals surface area contributed by atoms with E-state index in [9.17, 15) is 4.79 Å². The fraction of sp³-hybridized carbons (Fsp3) is 0.269. The van der Waals surface area contributed by atoms with Crippen molar-refractivity contribution in [3.63, 3.8) is 0 Å². The average Bonchev–Trinajstić information content (AvgIpc) is 2.89. The Hall–Kier alpha value is -3.13. The molecule has 1 atom stereocenters. The molecule has 180 valence electrons. The summed E-state index contributed by atoms with van der Waals surface area (Å²) in [5, 5.41) is 13.5. The van der Waals surface area contributed by atoms with E-state index in [1.54, 1.807) is 19.2 Å². The van der Waals surface area contributed by atoms with Gasteiger partial charge in [0.05, 0.1) is 41.3 Å². The predicted molar refractivity (Wildman–Crippen MR) is 140 cm³/mol. The molecule has 7 nitrogen and oxygen atoms in total. The predicted octanol–water partition coefficient (Wildman–Crippen LogP) is 5.52. The number of nitrogens with one attached hydrogen (secondary N) is 3. The van der Waals surface area contributed by atoms with Crippen LogP contribution in [0.5, 0.6) is 5.75 Å². The summed E-state index contributed by atoms with van der Waals surface area (Å²) in [5.74, 6) is 1.20. The first-order chi connectivity index (χ1) is 17.0. The summed E-state index contributed by atoms with van der Waals surface area (Å²) in [6.07, 6.45) is 3.70. The molecule has 1 aliphatic heterocycles. The zero-order chi connectivity index (χ0) is 24.4. The van der Waals surface area contributed by atoms with Crippen LogP contribution in [0.15, 0.2) is 59.5 Å². The van der Waals surface area contributed by atoms with Crippen LogP contribution >= 0.6 is 23.2 Å². The van der Waals surface area contributed by atoms with Crippen LogP contribution in [0.4, 0.5) is 11.4 Å². The highest BCUT2D eigenvalue weighted by Gasteiger charge is 2.21. The Balaban J connectivity index is 1.57. The van der Waals surface area contributed by atoms with E-state index in [0.29, 0.717) is 39.0 Å². The molecule has 0 bridgehead atoms. The average molecular weight is 510 g/mol. The van der Waals surface area contributed by atoms with Gasteiger partial charge in [-0.15, -0.1) is 11.6 Å². The summed E-state index contributed by atoms with van der Waals surface area (Å²) in [6, 6.07) is 15.3. The van der Waals surface area contributed by atoms with Crippen LogP contribution in [0.25, 0.3) is 10.9 Å². The van der Waals surface area contributed by atoms with E-state index in [1.807, 2.05) is 24.3 Å². The van der Waals surface area contributed by atoms with Crippen molar-refractivity contribution >= 4 is 45.5 Å². The van der Waals surface area contributed by atoms with Gasteiger partial charge < -0.3 is 15.4 Å². The smallest absolute Gasteiger partial charge is 0.275 e. The van der Waals surface area contributed by atoms with E-state index in [4.69, 9.17) is 27.9 Å². The number of pyridine rings is 1. The minimum Gasteiger partial charge on any atom is -0.495 e. The number of benzene rings is 2. The van der Waals surface area contributed by atoms with E-state index in [-0.39, 0.29) is 5.56 Å². The number of fused-ring (bicyclic) bond motifs is 1. The summed E-state index contributed by atoms with van der Waals surface area (Å²) in [6.45, 7) is 2.03. The number of hydrogen-bond acceptors (Lipinski definition) is 6. The van der Waals surface area contributed by atoms with Crippen LogP contribution in [0, 0.1) is 0 Å². The van der Waals surface area contributed by atoms with Crippen LogP contribution in [0.3, 0.4) is 0 Å². The van der Waals surface area contributed by atoms with Crippen LogP contribution in [-0.2, 0) is 0 Å². The molecule has 1 fully saturated rings. The number of hydrogen-bond donors (Lipinski definition) is 3. The van der Waals surface area contributed by atoms with Crippen LogP contribution in [-0.4, -0.2) is 35.4 Å².